The van der Waals surface area contributed by atoms with E-state index >= 15 is 0 Å². The van der Waals surface area contributed by atoms with Crippen molar-refractivity contribution in [2.75, 3.05) is 34.3 Å². The van der Waals surface area contributed by atoms with Gasteiger partial charge in [-0.05, 0) is 19.8 Å². The zero-order valence-electron chi connectivity index (χ0n) is 16.2. The first-order valence-corrected chi connectivity index (χ1v) is 8.65. The van der Waals surface area contributed by atoms with E-state index in [9.17, 15) is 4.79 Å². The number of hydrogen-bond donors (Lipinski definition) is 2. The normalized spacial score (nSPS) is 25.3. The standard InChI is InChI=1S/C17H34N4O2.HI/c1-8-17(9-2)14(12(4)15(17)23-7)20-16(18-10-3)19-11-13(22)21(5)6;/h12,14-15H,8-11H2,1-7H3,(H2,18,19,20);1H. The molecule has 1 amide bonds. The van der Waals surface area contributed by atoms with E-state index in [-0.39, 0.29) is 47.9 Å². The van der Waals surface area contributed by atoms with Crippen molar-refractivity contribution in [3.63, 3.8) is 0 Å². The quantitative estimate of drug-likeness (QED) is 0.351. The summed E-state index contributed by atoms with van der Waals surface area (Å²) in [6.07, 6.45) is 2.38. The molecule has 0 saturated heterocycles. The Bertz CT molecular complexity index is 425. The van der Waals surface area contributed by atoms with Gasteiger partial charge in [-0.3, -0.25) is 4.79 Å². The summed E-state index contributed by atoms with van der Waals surface area (Å²) < 4.78 is 5.74. The molecule has 7 heteroatoms. The summed E-state index contributed by atoms with van der Waals surface area (Å²) in [6.45, 7) is 9.60. The summed E-state index contributed by atoms with van der Waals surface area (Å²) in [5.74, 6) is 1.12. The number of rotatable bonds is 7. The first-order valence-electron chi connectivity index (χ1n) is 8.65. The smallest absolute Gasteiger partial charge is 0.243 e. The van der Waals surface area contributed by atoms with Gasteiger partial charge < -0.3 is 20.3 Å². The summed E-state index contributed by atoms with van der Waals surface area (Å²) >= 11 is 0. The van der Waals surface area contributed by atoms with Crippen LogP contribution in [0.5, 0.6) is 0 Å². The van der Waals surface area contributed by atoms with Gasteiger partial charge in [-0.1, -0.05) is 20.8 Å². The zero-order chi connectivity index (χ0) is 17.6. The van der Waals surface area contributed by atoms with E-state index < -0.39 is 0 Å². The predicted octanol–water partition coefficient (Wildman–Crippen LogP) is 2.09. The molecule has 1 saturated carbocycles. The molecule has 0 heterocycles. The second-order valence-electron chi connectivity index (χ2n) is 6.56. The number of halogens is 1. The van der Waals surface area contributed by atoms with Crippen molar-refractivity contribution in [3.05, 3.63) is 0 Å². The number of nitrogens with zero attached hydrogens (tertiary/aromatic N) is 2. The van der Waals surface area contributed by atoms with Crippen molar-refractivity contribution in [1.82, 2.24) is 15.5 Å². The molecule has 0 radical (unpaired) electrons. The van der Waals surface area contributed by atoms with Gasteiger partial charge in [0.2, 0.25) is 5.91 Å². The van der Waals surface area contributed by atoms with Gasteiger partial charge in [0, 0.05) is 45.1 Å². The molecule has 1 fully saturated rings. The maximum absolute atomic E-state index is 11.8. The molecule has 2 N–H and O–H groups in total. The largest absolute Gasteiger partial charge is 0.380 e. The number of nitrogens with one attached hydrogen (secondary N) is 2. The van der Waals surface area contributed by atoms with Gasteiger partial charge in [0.15, 0.2) is 5.96 Å². The fourth-order valence-electron chi connectivity index (χ4n) is 3.85. The van der Waals surface area contributed by atoms with E-state index in [0.717, 1.165) is 19.4 Å². The molecule has 0 bridgehead atoms. The number of ether oxygens (including phenoxy) is 1. The number of guanidine groups is 1. The van der Waals surface area contributed by atoms with Crippen molar-refractivity contribution < 1.29 is 9.53 Å². The maximum Gasteiger partial charge on any atom is 0.243 e. The lowest BCUT2D eigenvalue weighted by Crippen LogP contribution is -2.70. The minimum atomic E-state index is -0.00382. The van der Waals surface area contributed by atoms with Crippen LogP contribution in [0.1, 0.15) is 40.5 Å². The molecule has 3 unspecified atom stereocenters. The molecular weight excluding hydrogens is 419 g/mol. The molecule has 1 aliphatic carbocycles. The van der Waals surface area contributed by atoms with Crippen molar-refractivity contribution in [2.45, 2.75) is 52.7 Å². The Hall–Kier alpha value is -0.570. The molecule has 0 aromatic rings. The lowest BCUT2D eigenvalue weighted by Gasteiger charge is -2.60. The first kappa shape index (κ1) is 23.4. The van der Waals surface area contributed by atoms with Crippen LogP contribution < -0.4 is 10.6 Å². The monoisotopic (exact) mass is 454 g/mol. The molecule has 0 aromatic carbocycles. The van der Waals surface area contributed by atoms with Crippen LogP contribution >= 0.6 is 24.0 Å². The second-order valence-corrected chi connectivity index (χ2v) is 6.56. The van der Waals surface area contributed by atoms with Gasteiger partial charge in [-0.15, -0.1) is 24.0 Å². The summed E-state index contributed by atoms with van der Waals surface area (Å²) in [5.41, 5.74) is 0.121. The summed E-state index contributed by atoms with van der Waals surface area (Å²) in [7, 11) is 5.29. The van der Waals surface area contributed by atoms with E-state index in [1.165, 1.54) is 0 Å². The van der Waals surface area contributed by atoms with Gasteiger partial charge in [-0.25, -0.2) is 4.99 Å². The summed E-state index contributed by atoms with van der Waals surface area (Å²) in [4.78, 5) is 17.8. The number of hydrogen-bond acceptors (Lipinski definition) is 3. The lowest BCUT2D eigenvalue weighted by molar-refractivity contribution is -0.163. The third kappa shape index (κ3) is 4.74. The van der Waals surface area contributed by atoms with Crippen LogP contribution in [0.25, 0.3) is 0 Å². The number of likely N-dealkylation sites (N-methyl/N-ethyl adjacent to an activating group) is 1. The Balaban J connectivity index is 0.00000529. The van der Waals surface area contributed by atoms with Gasteiger partial charge >= 0.3 is 0 Å². The van der Waals surface area contributed by atoms with Crippen LogP contribution in [-0.2, 0) is 9.53 Å². The van der Waals surface area contributed by atoms with Crippen LogP contribution in [-0.4, -0.2) is 63.2 Å². The van der Waals surface area contributed by atoms with Gasteiger partial charge in [0.05, 0.1) is 6.10 Å². The number of carbonyl (C=O) groups excluding carboxylic acids is 1. The highest BCUT2D eigenvalue weighted by Gasteiger charge is 2.58. The Labute approximate surface area is 164 Å². The zero-order valence-corrected chi connectivity index (χ0v) is 18.5. The third-order valence-corrected chi connectivity index (χ3v) is 5.27. The molecule has 142 valence electrons. The Morgan fingerprint density at radius 1 is 1.25 bits per heavy atom. The van der Waals surface area contributed by atoms with E-state index in [1.807, 2.05) is 6.92 Å². The van der Waals surface area contributed by atoms with Crippen LogP contribution in [0.3, 0.4) is 0 Å². The average molecular weight is 454 g/mol. The Kier molecular flexibility index (Phi) is 10.2. The fraction of sp³-hybridized carbons (Fsp3) is 0.882. The van der Waals surface area contributed by atoms with Gasteiger partial charge in [-0.2, -0.15) is 0 Å². The molecule has 1 rings (SSSR count). The fourth-order valence-corrected chi connectivity index (χ4v) is 3.85. The third-order valence-electron chi connectivity index (χ3n) is 5.27. The van der Waals surface area contributed by atoms with Crippen LogP contribution in [0, 0.1) is 11.3 Å². The number of methoxy groups -OCH3 is 1. The molecular formula is C17H35IN4O2. The Morgan fingerprint density at radius 2 is 1.83 bits per heavy atom. The van der Waals surface area contributed by atoms with Crippen molar-refractivity contribution >= 4 is 35.8 Å². The van der Waals surface area contributed by atoms with Crippen LogP contribution in [0.4, 0.5) is 0 Å². The topological polar surface area (TPSA) is 66.0 Å². The number of aliphatic imine (C=N–C) groups is 1. The summed E-state index contributed by atoms with van der Waals surface area (Å²) in [6, 6.07) is 0.301. The van der Waals surface area contributed by atoms with Crippen molar-refractivity contribution in [1.29, 1.82) is 0 Å². The highest BCUT2D eigenvalue weighted by atomic mass is 127. The molecule has 0 aromatic heterocycles. The van der Waals surface area contributed by atoms with Crippen molar-refractivity contribution in [2.24, 2.45) is 16.3 Å². The van der Waals surface area contributed by atoms with Crippen molar-refractivity contribution in [3.8, 4) is 0 Å². The highest BCUT2D eigenvalue weighted by molar-refractivity contribution is 14.0. The first-order chi connectivity index (χ1) is 10.9. The average Bonchev–Trinajstić information content (AvgIpc) is 2.54. The van der Waals surface area contributed by atoms with Gasteiger partial charge in [0.25, 0.3) is 0 Å². The molecule has 0 spiro atoms. The molecule has 3 atom stereocenters. The highest BCUT2D eigenvalue weighted by Crippen LogP contribution is 2.52. The van der Waals surface area contributed by atoms with E-state index in [2.05, 4.69) is 36.4 Å². The number of amides is 1. The second kappa shape index (κ2) is 10.4. The molecule has 1 aliphatic rings. The minimum absolute atomic E-state index is 0. The minimum Gasteiger partial charge on any atom is -0.380 e. The van der Waals surface area contributed by atoms with E-state index in [1.54, 1.807) is 26.1 Å². The lowest BCUT2D eigenvalue weighted by atomic mass is 9.53. The van der Waals surface area contributed by atoms with Crippen LogP contribution in [0.2, 0.25) is 0 Å². The molecule has 0 aliphatic heterocycles. The van der Waals surface area contributed by atoms with E-state index in [4.69, 9.17) is 4.74 Å². The number of carbonyl (C=O) groups is 1. The van der Waals surface area contributed by atoms with Crippen LogP contribution in [0.15, 0.2) is 4.99 Å². The SMILES string of the molecule is CCNC(=NCC(=O)N(C)C)NC1C(C)C(OC)C1(CC)CC.I. The van der Waals surface area contributed by atoms with Gasteiger partial charge in [0.1, 0.15) is 6.54 Å². The predicted molar refractivity (Wildman–Crippen MR) is 110 cm³/mol. The summed E-state index contributed by atoms with van der Waals surface area (Å²) in [5, 5.41) is 6.79. The molecule has 24 heavy (non-hydrogen) atoms. The maximum atomic E-state index is 11.8. The molecule has 6 nitrogen and oxygen atoms in total. The van der Waals surface area contributed by atoms with E-state index in [0.29, 0.717) is 17.9 Å². The Morgan fingerprint density at radius 3 is 2.25 bits per heavy atom.